The van der Waals surface area contributed by atoms with Gasteiger partial charge in [-0.1, -0.05) is 18.5 Å². The number of hydrogen-bond acceptors (Lipinski definition) is 3. The summed E-state index contributed by atoms with van der Waals surface area (Å²) in [5, 5.41) is 7.29. The molecule has 0 aliphatic heterocycles. The van der Waals surface area contributed by atoms with Crippen molar-refractivity contribution in [2.24, 2.45) is 5.14 Å². The number of benzene rings is 1. The van der Waals surface area contributed by atoms with Gasteiger partial charge in [0.15, 0.2) is 0 Å². The predicted molar refractivity (Wildman–Crippen MR) is 70.0 cm³/mol. The molecule has 0 aliphatic rings. The third-order valence-electron chi connectivity index (χ3n) is 2.56. The van der Waals surface area contributed by atoms with Crippen LogP contribution in [0, 0.1) is 5.82 Å². The van der Waals surface area contributed by atoms with Crippen LogP contribution in [0.1, 0.15) is 30.6 Å². The SMILES string of the molecule is CCC(C)NC(=O)c1cc(S(N)(=O)=O)c(F)cc1Cl. The number of nitrogens with two attached hydrogens (primary N) is 1. The lowest BCUT2D eigenvalue weighted by atomic mass is 10.2. The third-order valence-corrected chi connectivity index (χ3v) is 3.80. The van der Waals surface area contributed by atoms with E-state index in [9.17, 15) is 17.6 Å². The minimum Gasteiger partial charge on any atom is -0.350 e. The molecule has 8 heteroatoms. The standard InChI is InChI=1S/C11H14ClFN2O3S/c1-3-6(2)15-11(16)7-4-10(19(14,17)18)9(13)5-8(7)12/h4-6H,3H2,1-2H3,(H,15,16)(H2,14,17,18). The minimum absolute atomic E-state index is 0.119. The highest BCUT2D eigenvalue weighted by Crippen LogP contribution is 2.23. The average Bonchev–Trinajstić information content (AvgIpc) is 2.26. The maximum Gasteiger partial charge on any atom is 0.253 e. The summed E-state index contributed by atoms with van der Waals surface area (Å²) in [4.78, 5) is 11.1. The molecular weight excluding hydrogens is 295 g/mol. The van der Waals surface area contributed by atoms with Gasteiger partial charge in [0.05, 0.1) is 10.6 Å². The quantitative estimate of drug-likeness (QED) is 0.886. The topological polar surface area (TPSA) is 89.3 Å². The summed E-state index contributed by atoms with van der Waals surface area (Å²) < 4.78 is 35.8. The van der Waals surface area contributed by atoms with Gasteiger partial charge in [-0.15, -0.1) is 0 Å². The van der Waals surface area contributed by atoms with Gasteiger partial charge in [-0.2, -0.15) is 0 Å². The van der Waals surface area contributed by atoms with Crippen LogP contribution in [0.15, 0.2) is 17.0 Å². The van der Waals surface area contributed by atoms with E-state index in [0.29, 0.717) is 6.42 Å². The van der Waals surface area contributed by atoms with E-state index < -0.39 is 26.6 Å². The maximum absolute atomic E-state index is 13.4. The molecule has 0 radical (unpaired) electrons. The highest BCUT2D eigenvalue weighted by atomic mass is 35.5. The summed E-state index contributed by atoms with van der Waals surface area (Å²) in [6, 6.07) is 1.48. The number of amides is 1. The van der Waals surface area contributed by atoms with Crippen LogP contribution in [-0.4, -0.2) is 20.4 Å². The van der Waals surface area contributed by atoms with Gasteiger partial charge in [-0.3, -0.25) is 4.79 Å². The third kappa shape index (κ3) is 3.89. The van der Waals surface area contributed by atoms with Gasteiger partial charge in [-0.25, -0.2) is 17.9 Å². The molecule has 1 aromatic carbocycles. The van der Waals surface area contributed by atoms with Crippen molar-refractivity contribution in [3.63, 3.8) is 0 Å². The number of hydrogen-bond donors (Lipinski definition) is 2. The summed E-state index contributed by atoms with van der Waals surface area (Å²) in [5.74, 6) is -1.67. The Morgan fingerprint density at radius 2 is 2.11 bits per heavy atom. The van der Waals surface area contributed by atoms with E-state index in [1.807, 2.05) is 6.92 Å². The number of sulfonamides is 1. The van der Waals surface area contributed by atoms with Gasteiger partial charge in [0.2, 0.25) is 10.0 Å². The highest BCUT2D eigenvalue weighted by Gasteiger charge is 2.21. The molecule has 0 aliphatic carbocycles. The average molecular weight is 309 g/mol. The van der Waals surface area contributed by atoms with Crippen LogP contribution in [0.25, 0.3) is 0 Å². The number of carbonyl (C=O) groups is 1. The molecule has 5 nitrogen and oxygen atoms in total. The molecule has 1 amide bonds. The molecule has 0 aromatic heterocycles. The fourth-order valence-electron chi connectivity index (χ4n) is 1.32. The lowest BCUT2D eigenvalue weighted by Gasteiger charge is -2.13. The van der Waals surface area contributed by atoms with Crippen LogP contribution in [-0.2, 0) is 10.0 Å². The van der Waals surface area contributed by atoms with Crippen LogP contribution in [0.4, 0.5) is 4.39 Å². The zero-order valence-electron chi connectivity index (χ0n) is 10.4. The largest absolute Gasteiger partial charge is 0.350 e. The molecule has 3 N–H and O–H groups in total. The molecule has 0 heterocycles. The molecule has 1 atom stereocenters. The van der Waals surface area contributed by atoms with Crippen molar-refractivity contribution in [2.45, 2.75) is 31.2 Å². The van der Waals surface area contributed by atoms with E-state index in [4.69, 9.17) is 16.7 Å². The smallest absolute Gasteiger partial charge is 0.253 e. The summed E-state index contributed by atoms with van der Waals surface area (Å²) in [7, 11) is -4.25. The number of halogens is 2. The molecule has 0 fully saturated rings. The Morgan fingerprint density at radius 1 is 1.53 bits per heavy atom. The van der Waals surface area contributed by atoms with E-state index in [-0.39, 0.29) is 16.6 Å². The van der Waals surface area contributed by atoms with Crippen LogP contribution in [0.5, 0.6) is 0 Å². The van der Waals surface area contributed by atoms with E-state index in [1.165, 1.54) is 0 Å². The van der Waals surface area contributed by atoms with Gasteiger partial charge in [0.1, 0.15) is 10.7 Å². The molecule has 0 spiro atoms. The number of carbonyl (C=O) groups excluding carboxylic acids is 1. The Hall–Kier alpha value is -1.18. The summed E-state index contributed by atoms with van der Waals surface area (Å²) in [6.45, 7) is 3.64. The van der Waals surface area contributed by atoms with Crippen molar-refractivity contribution in [3.8, 4) is 0 Å². The Kier molecular flexibility index (Phi) is 4.89. The molecule has 0 saturated heterocycles. The van der Waals surface area contributed by atoms with Crippen LogP contribution >= 0.6 is 11.6 Å². The molecule has 0 saturated carbocycles. The summed E-state index contributed by atoms with van der Waals surface area (Å²) >= 11 is 5.74. The first-order valence-electron chi connectivity index (χ1n) is 5.49. The second kappa shape index (κ2) is 5.85. The van der Waals surface area contributed by atoms with Crippen LogP contribution in [0.2, 0.25) is 5.02 Å². The zero-order chi connectivity index (χ0) is 14.8. The Bertz CT molecular complexity index is 604. The number of nitrogens with one attached hydrogen (secondary N) is 1. The van der Waals surface area contributed by atoms with Gasteiger partial charge >= 0.3 is 0 Å². The molecule has 19 heavy (non-hydrogen) atoms. The molecule has 1 aromatic rings. The van der Waals surface area contributed by atoms with Crippen molar-refractivity contribution >= 4 is 27.5 Å². The van der Waals surface area contributed by atoms with Crippen LogP contribution in [0.3, 0.4) is 0 Å². The van der Waals surface area contributed by atoms with Crippen molar-refractivity contribution in [1.82, 2.24) is 5.32 Å². The zero-order valence-corrected chi connectivity index (χ0v) is 12.0. The normalized spacial score (nSPS) is 13.1. The monoisotopic (exact) mass is 308 g/mol. The van der Waals surface area contributed by atoms with Gasteiger partial charge < -0.3 is 5.32 Å². The van der Waals surface area contributed by atoms with E-state index in [0.717, 1.165) is 12.1 Å². The summed E-state index contributed by atoms with van der Waals surface area (Å²) in [5.41, 5.74) is -0.132. The summed E-state index contributed by atoms with van der Waals surface area (Å²) in [6.07, 6.45) is 0.687. The van der Waals surface area contributed by atoms with Gasteiger partial charge in [0, 0.05) is 6.04 Å². The van der Waals surface area contributed by atoms with E-state index in [2.05, 4.69) is 5.32 Å². The minimum atomic E-state index is -4.25. The van der Waals surface area contributed by atoms with Crippen molar-refractivity contribution in [2.75, 3.05) is 0 Å². The lowest BCUT2D eigenvalue weighted by molar-refractivity contribution is 0.0939. The fourth-order valence-corrected chi connectivity index (χ4v) is 2.17. The maximum atomic E-state index is 13.4. The predicted octanol–water partition coefficient (Wildman–Crippen LogP) is 1.65. The molecule has 0 bridgehead atoms. The highest BCUT2D eigenvalue weighted by molar-refractivity contribution is 7.89. The van der Waals surface area contributed by atoms with Crippen molar-refractivity contribution < 1.29 is 17.6 Å². The van der Waals surface area contributed by atoms with E-state index >= 15 is 0 Å². The second-order valence-corrected chi connectivity index (χ2v) is 6.03. The molecule has 106 valence electrons. The Morgan fingerprint density at radius 3 is 2.58 bits per heavy atom. The molecule has 1 rings (SSSR count). The van der Waals surface area contributed by atoms with Crippen molar-refractivity contribution in [1.29, 1.82) is 0 Å². The van der Waals surface area contributed by atoms with Crippen molar-refractivity contribution in [3.05, 3.63) is 28.5 Å². The first kappa shape index (κ1) is 15.9. The first-order chi connectivity index (χ1) is 8.66. The van der Waals surface area contributed by atoms with E-state index in [1.54, 1.807) is 6.92 Å². The molecular formula is C11H14ClFN2O3S. The first-order valence-corrected chi connectivity index (χ1v) is 7.42. The van der Waals surface area contributed by atoms with Gasteiger partial charge in [-0.05, 0) is 25.5 Å². The van der Waals surface area contributed by atoms with Crippen LogP contribution < -0.4 is 10.5 Å². The lowest BCUT2D eigenvalue weighted by Crippen LogP contribution is -2.32. The van der Waals surface area contributed by atoms with Gasteiger partial charge in [0.25, 0.3) is 5.91 Å². The molecule has 1 unspecified atom stereocenters. The number of rotatable bonds is 4. The Labute approximate surface area is 116 Å². The Balaban J connectivity index is 3.26. The number of primary sulfonamides is 1. The second-order valence-electron chi connectivity index (χ2n) is 4.09. The fraction of sp³-hybridized carbons (Fsp3) is 0.364.